The van der Waals surface area contributed by atoms with Crippen molar-refractivity contribution in [1.29, 1.82) is 0 Å². The Kier molecular flexibility index (Phi) is 32.2. The highest BCUT2D eigenvalue weighted by atomic mass is 35.6. The van der Waals surface area contributed by atoms with E-state index < -0.39 is 150 Å². The molecule has 33 nitrogen and oxygen atoms in total. The van der Waals surface area contributed by atoms with Crippen LogP contribution in [0.3, 0.4) is 0 Å². The number of amides is 6. The van der Waals surface area contributed by atoms with Gasteiger partial charge in [-0.05, 0) is 179 Å². The molecule has 11 rings (SSSR count). The molecule has 4 aromatic carbocycles. The number of hydrazine groups is 2. The van der Waals surface area contributed by atoms with Crippen LogP contribution in [0.25, 0.3) is 34.0 Å². The van der Waals surface area contributed by atoms with E-state index in [4.69, 9.17) is 68.5 Å². The fourth-order valence-corrected chi connectivity index (χ4v) is 15.5. The molecule has 124 heavy (non-hydrogen) atoms. The number of cyclic esters (lactones) is 1. The van der Waals surface area contributed by atoms with E-state index in [1.807, 2.05) is 140 Å². The number of ether oxygens (including phenoxy) is 6. The first kappa shape index (κ1) is 96.9. The molecule has 0 saturated carbocycles. The normalized spacial score (nSPS) is 22.7. The van der Waals surface area contributed by atoms with E-state index in [0.717, 1.165) is 39.5 Å². The van der Waals surface area contributed by atoms with Gasteiger partial charge in [0.15, 0.2) is 0 Å². The number of hydrogen-bond donors (Lipinski definition) is 6. The number of fused-ring (bicyclic) bond motifs is 5. The fourth-order valence-electron chi connectivity index (χ4n) is 15.4. The molecule has 2 unspecified atom stereocenters. The number of esters is 5. The van der Waals surface area contributed by atoms with Crippen molar-refractivity contribution in [2.75, 3.05) is 32.9 Å². The number of halogens is 3. The summed E-state index contributed by atoms with van der Waals surface area (Å²) < 4.78 is 31.1. The van der Waals surface area contributed by atoms with Gasteiger partial charge in [-0.3, -0.25) is 73.4 Å². The molecule has 5 aliphatic rings. The van der Waals surface area contributed by atoms with Gasteiger partial charge in [-0.1, -0.05) is 147 Å². The van der Waals surface area contributed by atoms with Crippen LogP contribution in [0, 0.1) is 56.7 Å². The van der Waals surface area contributed by atoms with Gasteiger partial charge in [-0.2, -0.15) is 0 Å². The number of nitrogens with zero attached hydrogens (tertiary/aromatic N) is 6. The molecule has 6 amide bonds. The lowest BCUT2D eigenvalue weighted by Crippen LogP contribution is -2.61. The van der Waals surface area contributed by atoms with E-state index in [-0.39, 0.29) is 51.8 Å². The Labute approximate surface area is 733 Å². The first-order valence-electron chi connectivity index (χ1n) is 40.9. The first-order valence-corrected chi connectivity index (χ1v) is 42.0. The van der Waals surface area contributed by atoms with Crippen LogP contribution in [0.1, 0.15) is 208 Å². The van der Waals surface area contributed by atoms with Gasteiger partial charge in [0.1, 0.15) is 66.2 Å². The molecule has 10 atom stereocenters. The molecule has 1 spiro atoms. The molecule has 0 radical (unpaired) electrons. The van der Waals surface area contributed by atoms with E-state index in [1.165, 1.54) is 62.0 Å². The highest BCUT2D eigenvalue weighted by molar-refractivity contribution is 6.67. The number of hydrogen-bond acceptors (Lipinski definition) is 25. The Morgan fingerprint density at radius 1 is 0.726 bits per heavy atom. The van der Waals surface area contributed by atoms with E-state index in [1.54, 1.807) is 20.8 Å². The molecule has 0 aliphatic carbocycles. The van der Waals surface area contributed by atoms with Gasteiger partial charge in [0.05, 0.1) is 54.3 Å². The van der Waals surface area contributed by atoms with E-state index in [9.17, 15) is 73.0 Å². The fraction of sp³-hybridized carbons (Fsp3) is 0.489. The predicted molar refractivity (Wildman–Crippen MR) is 461 cm³/mol. The number of nitrogens with one attached hydrogen (secondary N) is 6. The predicted octanol–water partition coefficient (Wildman–Crippen LogP) is 12.2. The van der Waals surface area contributed by atoms with Gasteiger partial charge in [0, 0.05) is 56.1 Å². The van der Waals surface area contributed by atoms with Crippen molar-refractivity contribution in [2.24, 2.45) is 22.7 Å². The third-order valence-corrected chi connectivity index (χ3v) is 22.2. The van der Waals surface area contributed by atoms with Crippen LogP contribution in [0.5, 0.6) is 0 Å². The zero-order valence-electron chi connectivity index (χ0n) is 71.9. The lowest BCUT2D eigenvalue weighted by atomic mass is 9.72. The summed E-state index contributed by atoms with van der Waals surface area (Å²) in [6, 6.07) is 21.8. The van der Waals surface area contributed by atoms with Gasteiger partial charge in [0.25, 0.3) is 23.2 Å². The molecular formula is C88H107Cl3N12O21. The van der Waals surface area contributed by atoms with Crippen molar-refractivity contribution in [1.82, 2.24) is 52.1 Å². The summed E-state index contributed by atoms with van der Waals surface area (Å²) >= 11 is 17.1. The second kappa shape index (κ2) is 41.2. The Bertz CT molecular complexity index is 5060. The van der Waals surface area contributed by atoms with E-state index >= 15 is 0 Å². The minimum atomic E-state index is -1.77. The van der Waals surface area contributed by atoms with Gasteiger partial charge >= 0.3 is 29.8 Å². The van der Waals surface area contributed by atoms with Crippen LogP contribution in [0.15, 0.2) is 109 Å². The first-order chi connectivity index (χ1) is 58.2. The lowest BCUT2D eigenvalue weighted by Gasteiger charge is -2.43. The topological polar surface area (TPSA) is 434 Å². The molecule has 5 aliphatic heterocycles. The summed E-state index contributed by atoms with van der Waals surface area (Å²) in [6.07, 6.45) is 10.0. The molecule has 4 fully saturated rings. The second-order valence-electron chi connectivity index (χ2n) is 33.6. The molecular weight excluding hydrogens is 1670 g/mol. The Balaban J connectivity index is 0.000000224. The van der Waals surface area contributed by atoms with E-state index in [2.05, 4.69) is 36.9 Å². The maximum atomic E-state index is 14.3. The smallest absolute Gasteiger partial charge is 0.353 e. The third kappa shape index (κ3) is 25.2. The number of benzene rings is 4. The number of aromatic nitrogens is 2. The highest BCUT2D eigenvalue weighted by Gasteiger charge is 2.49. The van der Waals surface area contributed by atoms with Crippen molar-refractivity contribution in [3.8, 4) is 0 Å². The quantitative estimate of drug-likeness (QED) is 0.0123. The van der Waals surface area contributed by atoms with Crippen LogP contribution in [0.4, 0.5) is 11.4 Å². The van der Waals surface area contributed by atoms with Gasteiger partial charge < -0.3 is 49.7 Å². The number of carbonyl (C=O) groups is 11. The number of pyridine rings is 2. The van der Waals surface area contributed by atoms with Crippen LogP contribution < -0.4 is 32.1 Å². The summed E-state index contributed by atoms with van der Waals surface area (Å²) in [4.78, 5) is 174. The standard InChI is InChI=1S/C38H50Cl3N5O8.C34H45N5O6.C16H12N2O7/c1-22(2)31(32(48)42-23(3)33(49)46-17-8-9-29(45-46)34(50)52-21-38(39,40)41)44-35(51)37(16-18-53-36(6,7)20-37)15-14-26-10-11-27-12-13-28(43-30(27)19-26)24(4)54-25(5)47;1-20(2)28-29(40)35-21(3)30(41)39-16-7-8-26(38-39)31(42)45-22(4)25-12-11-24-10-9-23(18-27(24)36-25)13-14-34(32(43)37-28)15-17-44-33(5,6)19-34;1-9-5-3-7-11(17(21)22)13(9)15(19)25-16(20)14-10(2)6-4-8-12(14)18(23)24/h10-15,19,22-24,29,31,45H,8-9,16-18,20-21H2,1-7H3,(H,42,48)(H,44,51);9-14,18,20-22,26,28,38H,7-8,15-17,19H2,1-6H3,(H,35,40)(H,37,43);3-8H,1-2H3/b15-14+;14-13+;/t23-,24+,29-,31-,37?;21-,22+,26-,28-,34?;/m00./s1. The number of nitro benzene ring substituents is 2. The number of aryl methyl sites for hydroxylation is 2. The zero-order valence-corrected chi connectivity index (χ0v) is 74.2. The highest BCUT2D eigenvalue weighted by Crippen LogP contribution is 2.44. The van der Waals surface area contributed by atoms with E-state index in [0.29, 0.717) is 94.6 Å². The number of rotatable bonds is 17. The largest absolute Gasteiger partial charge is 0.460 e. The maximum absolute atomic E-state index is 14.3. The van der Waals surface area contributed by atoms with Crippen molar-refractivity contribution in [2.45, 2.75) is 219 Å². The zero-order chi connectivity index (χ0) is 91.3. The summed E-state index contributed by atoms with van der Waals surface area (Å²) in [5, 5.41) is 38.1. The molecule has 6 aromatic rings. The molecule has 4 saturated heterocycles. The van der Waals surface area contributed by atoms with Gasteiger partial charge in [0.2, 0.25) is 27.4 Å². The van der Waals surface area contributed by atoms with Gasteiger partial charge in [-0.25, -0.2) is 30.4 Å². The summed E-state index contributed by atoms with van der Waals surface area (Å²) in [6.45, 7) is 27.0. The van der Waals surface area contributed by atoms with Crippen molar-refractivity contribution in [3.63, 3.8) is 0 Å². The van der Waals surface area contributed by atoms with Crippen LogP contribution in [-0.4, -0.2) is 179 Å². The SMILES string of the molecule is CC(=O)O[C@H](C)c1ccc2ccc(/C=C/C3(C(=O)N[C@H](C(=O)N[C@@H](C)C(=O)N4CCC[C@@H](C(=O)OCC(Cl)(Cl)Cl)N4)C(C)C)CCOC(C)(C)C3)cc2n1.CC(C)[C@@H]1NC(=O)C2(/C=C/c3ccc4ccc(nc4c3)[C@@H](C)OC(=O)[C@@H]3CCCN(N3)C(=O)[C@H](C)NC1=O)CCOC(C)(C)C2.Cc1cccc([N+](=O)[O-])c1C(=O)OC(=O)c1c(C)cccc1[N+](=O)[O-]. The van der Waals surface area contributed by atoms with Crippen LogP contribution >= 0.6 is 34.8 Å². The van der Waals surface area contributed by atoms with Crippen molar-refractivity contribution in [3.05, 3.63) is 174 Å². The summed E-state index contributed by atoms with van der Waals surface area (Å²) in [5.41, 5.74) is 5.71. The Hall–Kier alpha value is -10.9. The molecule has 7 heterocycles. The lowest BCUT2D eigenvalue weighted by molar-refractivity contribution is -0.385. The Morgan fingerprint density at radius 3 is 1.92 bits per heavy atom. The minimum absolute atomic E-state index is 0.242. The third-order valence-electron chi connectivity index (χ3n) is 21.9. The van der Waals surface area contributed by atoms with Gasteiger partial charge in [-0.15, -0.1) is 0 Å². The minimum Gasteiger partial charge on any atom is -0.460 e. The average molecular weight is 1780 g/mol. The molecule has 5 bridgehead atoms. The number of carbonyl (C=O) groups excluding carboxylic acids is 11. The monoisotopic (exact) mass is 1770 g/mol. The number of nitro groups is 2. The molecule has 36 heteroatoms. The maximum Gasteiger partial charge on any atom is 0.353 e. The Morgan fingerprint density at radius 2 is 1.32 bits per heavy atom. The van der Waals surface area contributed by atoms with Crippen molar-refractivity contribution >= 4 is 145 Å². The average Bonchev–Trinajstić information content (AvgIpc) is 0.807. The summed E-state index contributed by atoms with van der Waals surface area (Å²) in [7, 11) is 0. The van der Waals surface area contributed by atoms with Crippen LogP contribution in [0.2, 0.25) is 0 Å². The molecule has 2 aromatic heterocycles. The van der Waals surface area contributed by atoms with Crippen molar-refractivity contribution < 1.29 is 91.0 Å². The number of alkyl halides is 3. The molecule has 6 N–H and O–H groups in total. The second-order valence-corrected chi connectivity index (χ2v) is 36.1. The molecule has 666 valence electrons. The summed E-state index contributed by atoms with van der Waals surface area (Å²) in [5.74, 6) is -7.05. The van der Waals surface area contributed by atoms with Crippen LogP contribution in [-0.2, 0) is 71.6 Å².